The van der Waals surface area contributed by atoms with Crippen LogP contribution in [0.15, 0.2) is 22.8 Å². The molecule has 82 valence electrons. The molecule has 0 saturated carbocycles. The maximum Gasteiger partial charge on any atom is 0.312 e. The van der Waals surface area contributed by atoms with E-state index in [1.54, 1.807) is 0 Å². The van der Waals surface area contributed by atoms with E-state index in [1.165, 1.54) is 0 Å². The average Bonchev–Trinajstić information content (AvgIpc) is 2.17. The summed E-state index contributed by atoms with van der Waals surface area (Å²) in [6.45, 7) is 1.85. The number of amides is 2. The third-order valence-electron chi connectivity index (χ3n) is 1.68. The summed E-state index contributed by atoms with van der Waals surface area (Å²) < 4.78 is 0.817. The maximum atomic E-state index is 10.3. The number of hydrogen-bond donors (Lipinski definition) is 3. The number of carbonyl (C=O) groups is 1. The fourth-order valence-electron chi connectivity index (χ4n) is 1.04. The van der Waals surface area contributed by atoms with Crippen LogP contribution in [0, 0.1) is 0 Å². The van der Waals surface area contributed by atoms with Crippen LogP contribution in [0.4, 0.5) is 4.79 Å². The van der Waals surface area contributed by atoms with Crippen molar-refractivity contribution >= 4 is 22.0 Å². The van der Waals surface area contributed by atoms with Crippen LogP contribution in [0.3, 0.4) is 0 Å². The lowest BCUT2D eigenvalue weighted by Crippen LogP contribution is -2.35. The maximum absolute atomic E-state index is 10.3. The fraction of sp³-hybridized carbons (Fsp3) is 0.333. The Kier molecular flexibility index (Phi) is 5.06. The minimum Gasteiger partial charge on any atom is -0.352 e. The zero-order valence-electron chi connectivity index (χ0n) is 8.16. The van der Waals surface area contributed by atoms with Crippen LogP contribution in [0.1, 0.15) is 5.69 Å². The number of nitrogens with one attached hydrogen (secondary N) is 2. The third-order valence-corrected chi connectivity index (χ3v) is 2.12. The van der Waals surface area contributed by atoms with E-state index >= 15 is 0 Å². The van der Waals surface area contributed by atoms with Gasteiger partial charge in [0, 0.05) is 19.6 Å². The average molecular weight is 273 g/mol. The topological polar surface area (TPSA) is 80.0 Å². The van der Waals surface area contributed by atoms with Crippen molar-refractivity contribution in [3.63, 3.8) is 0 Å². The number of primary amides is 1. The first-order chi connectivity index (χ1) is 7.18. The summed E-state index contributed by atoms with van der Waals surface area (Å²) in [6, 6.07) is 5.23. The minimum atomic E-state index is -0.502. The van der Waals surface area contributed by atoms with E-state index in [0.717, 1.165) is 10.3 Å². The summed E-state index contributed by atoms with van der Waals surface area (Å²) in [7, 11) is 0. The van der Waals surface area contributed by atoms with Crippen molar-refractivity contribution in [3.05, 3.63) is 28.5 Å². The number of pyridine rings is 1. The second-order valence-electron chi connectivity index (χ2n) is 2.92. The predicted octanol–water partition coefficient (Wildman–Crippen LogP) is 0.602. The van der Waals surface area contributed by atoms with Gasteiger partial charge in [0.1, 0.15) is 4.60 Å². The first kappa shape index (κ1) is 11.9. The molecule has 0 aliphatic rings. The van der Waals surface area contributed by atoms with Crippen LogP contribution in [0.5, 0.6) is 0 Å². The Morgan fingerprint density at radius 2 is 2.27 bits per heavy atom. The lowest BCUT2D eigenvalue weighted by molar-refractivity contribution is 0.249. The molecule has 0 unspecified atom stereocenters. The standard InChI is InChI=1S/C9H13BrN4O/c10-8-3-1-2-7(14-8)6-12-4-5-13-9(11)15/h1-3,12H,4-6H2,(H3,11,13,15). The monoisotopic (exact) mass is 272 g/mol. The van der Waals surface area contributed by atoms with Gasteiger partial charge in [0.15, 0.2) is 0 Å². The second-order valence-corrected chi connectivity index (χ2v) is 3.73. The molecule has 5 nitrogen and oxygen atoms in total. The molecule has 15 heavy (non-hydrogen) atoms. The number of nitrogens with zero attached hydrogens (tertiary/aromatic N) is 1. The van der Waals surface area contributed by atoms with Gasteiger partial charge in [-0.3, -0.25) is 0 Å². The van der Waals surface area contributed by atoms with E-state index < -0.39 is 6.03 Å². The van der Waals surface area contributed by atoms with Gasteiger partial charge in [-0.25, -0.2) is 9.78 Å². The number of halogens is 1. The highest BCUT2D eigenvalue weighted by atomic mass is 79.9. The highest BCUT2D eigenvalue weighted by Crippen LogP contribution is 2.05. The quantitative estimate of drug-likeness (QED) is 0.543. The summed E-state index contributed by atoms with van der Waals surface area (Å²) in [5.74, 6) is 0. The lowest BCUT2D eigenvalue weighted by Gasteiger charge is -2.04. The fourth-order valence-corrected chi connectivity index (χ4v) is 1.42. The summed E-state index contributed by atoms with van der Waals surface area (Å²) in [6.07, 6.45) is 0. The molecule has 0 saturated heterocycles. The Morgan fingerprint density at radius 1 is 1.47 bits per heavy atom. The normalized spacial score (nSPS) is 9.93. The van der Waals surface area contributed by atoms with Gasteiger partial charge in [-0.15, -0.1) is 0 Å². The van der Waals surface area contributed by atoms with Gasteiger partial charge in [0.25, 0.3) is 0 Å². The molecule has 1 heterocycles. The highest BCUT2D eigenvalue weighted by molar-refractivity contribution is 9.10. The number of carbonyl (C=O) groups excluding carboxylic acids is 1. The van der Waals surface area contributed by atoms with Crippen LogP contribution in [0.25, 0.3) is 0 Å². The van der Waals surface area contributed by atoms with Crippen molar-refractivity contribution in [2.24, 2.45) is 5.73 Å². The molecule has 0 spiro atoms. The van der Waals surface area contributed by atoms with Crippen LogP contribution in [-0.4, -0.2) is 24.1 Å². The summed E-state index contributed by atoms with van der Waals surface area (Å²) in [5.41, 5.74) is 5.86. The van der Waals surface area contributed by atoms with Crippen LogP contribution < -0.4 is 16.4 Å². The SMILES string of the molecule is NC(=O)NCCNCc1cccc(Br)n1. The molecular formula is C9H13BrN4O. The van der Waals surface area contributed by atoms with E-state index in [1.807, 2.05) is 18.2 Å². The smallest absolute Gasteiger partial charge is 0.312 e. The molecule has 1 aromatic rings. The van der Waals surface area contributed by atoms with Crippen molar-refractivity contribution < 1.29 is 4.79 Å². The summed E-state index contributed by atoms with van der Waals surface area (Å²) in [5, 5.41) is 5.62. The van der Waals surface area contributed by atoms with Crippen molar-refractivity contribution in [1.29, 1.82) is 0 Å². The van der Waals surface area contributed by atoms with Gasteiger partial charge >= 0.3 is 6.03 Å². The summed E-state index contributed by atoms with van der Waals surface area (Å²) >= 11 is 3.29. The van der Waals surface area contributed by atoms with Gasteiger partial charge in [-0.2, -0.15) is 0 Å². The van der Waals surface area contributed by atoms with Crippen molar-refractivity contribution in [2.75, 3.05) is 13.1 Å². The van der Waals surface area contributed by atoms with Crippen molar-refractivity contribution in [2.45, 2.75) is 6.54 Å². The third kappa shape index (κ3) is 5.34. The van der Waals surface area contributed by atoms with Gasteiger partial charge in [0.2, 0.25) is 0 Å². The Bertz CT molecular complexity index is 332. The van der Waals surface area contributed by atoms with E-state index in [9.17, 15) is 4.79 Å². The largest absolute Gasteiger partial charge is 0.352 e. The number of aromatic nitrogens is 1. The molecule has 2 amide bonds. The molecule has 1 aromatic heterocycles. The van der Waals surface area contributed by atoms with E-state index in [4.69, 9.17) is 5.73 Å². The molecule has 0 radical (unpaired) electrons. The summed E-state index contributed by atoms with van der Waals surface area (Å²) in [4.78, 5) is 14.6. The molecule has 0 aromatic carbocycles. The Balaban J connectivity index is 2.17. The molecule has 0 fully saturated rings. The number of urea groups is 1. The number of rotatable bonds is 5. The number of hydrogen-bond acceptors (Lipinski definition) is 3. The minimum absolute atomic E-state index is 0.502. The molecule has 6 heteroatoms. The first-order valence-corrected chi connectivity index (χ1v) is 5.33. The molecular weight excluding hydrogens is 260 g/mol. The van der Waals surface area contributed by atoms with Crippen LogP contribution >= 0.6 is 15.9 Å². The van der Waals surface area contributed by atoms with Crippen LogP contribution in [0.2, 0.25) is 0 Å². The van der Waals surface area contributed by atoms with E-state index in [0.29, 0.717) is 19.6 Å². The highest BCUT2D eigenvalue weighted by Gasteiger charge is 1.95. The Labute approximate surface area is 96.6 Å². The molecule has 0 bridgehead atoms. The van der Waals surface area contributed by atoms with Gasteiger partial charge in [0.05, 0.1) is 5.69 Å². The van der Waals surface area contributed by atoms with Gasteiger partial charge < -0.3 is 16.4 Å². The molecule has 0 aliphatic heterocycles. The molecule has 0 aliphatic carbocycles. The first-order valence-electron chi connectivity index (χ1n) is 4.54. The molecule has 0 atom stereocenters. The molecule has 4 N–H and O–H groups in total. The van der Waals surface area contributed by atoms with Crippen LogP contribution in [-0.2, 0) is 6.54 Å². The van der Waals surface area contributed by atoms with Crippen molar-refractivity contribution in [3.8, 4) is 0 Å². The zero-order valence-corrected chi connectivity index (χ0v) is 9.75. The van der Waals surface area contributed by atoms with Crippen molar-refractivity contribution in [1.82, 2.24) is 15.6 Å². The molecule has 1 rings (SSSR count). The Hall–Kier alpha value is -1.14. The lowest BCUT2D eigenvalue weighted by atomic mass is 10.3. The van der Waals surface area contributed by atoms with Gasteiger partial charge in [-0.05, 0) is 28.1 Å². The zero-order chi connectivity index (χ0) is 11.1. The Morgan fingerprint density at radius 3 is 2.93 bits per heavy atom. The van der Waals surface area contributed by atoms with E-state index in [2.05, 4.69) is 31.5 Å². The van der Waals surface area contributed by atoms with Gasteiger partial charge in [-0.1, -0.05) is 6.07 Å². The number of nitrogens with two attached hydrogens (primary N) is 1. The van der Waals surface area contributed by atoms with E-state index in [-0.39, 0.29) is 0 Å². The predicted molar refractivity (Wildman–Crippen MR) is 61.2 cm³/mol. The second kappa shape index (κ2) is 6.36.